The molecule has 3 rings (SSSR count). The molecule has 1 aliphatic rings. The highest BCUT2D eigenvalue weighted by Gasteiger charge is 2.26. The zero-order valence-corrected chi connectivity index (χ0v) is 14.1. The molecule has 0 bridgehead atoms. The number of nitrogens with one attached hydrogen (secondary N) is 2. The van der Waals surface area contributed by atoms with Gasteiger partial charge in [0.15, 0.2) is 11.5 Å². The molecule has 140 valence electrons. The van der Waals surface area contributed by atoms with Crippen molar-refractivity contribution in [3.63, 3.8) is 0 Å². The number of anilines is 2. The zero-order chi connectivity index (χ0) is 19.6. The standard InChI is InChI=1S/C17H14FN3O6/c1-9(22)19-13-6-10(2-3-12(13)18)20-17(23)11-7-15-16(27-5-4-26-15)8-14(11)21(24)25/h2-3,6-8H,4-5H2,1H3,(H,19,22)(H,20,23). The predicted molar refractivity (Wildman–Crippen MR) is 92.7 cm³/mol. The summed E-state index contributed by atoms with van der Waals surface area (Å²) >= 11 is 0. The summed E-state index contributed by atoms with van der Waals surface area (Å²) in [5.74, 6) is -1.57. The summed E-state index contributed by atoms with van der Waals surface area (Å²) in [5.41, 5.74) is -0.679. The largest absolute Gasteiger partial charge is 0.486 e. The normalized spacial score (nSPS) is 12.2. The molecule has 1 aliphatic heterocycles. The van der Waals surface area contributed by atoms with Crippen LogP contribution in [0.1, 0.15) is 17.3 Å². The van der Waals surface area contributed by atoms with Crippen LogP contribution in [-0.4, -0.2) is 30.0 Å². The number of nitro benzene ring substituents is 1. The van der Waals surface area contributed by atoms with Gasteiger partial charge in [0.05, 0.1) is 16.7 Å². The molecule has 2 aromatic rings. The minimum Gasteiger partial charge on any atom is -0.486 e. The summed E-state index contributed by atoms with van der Waals surface area (Å²) in [5, 5.41) is 16.0. The lowest BCUT2D eigenvalue weighted by atomic mass is 10.1. The molecule has 0 radical (unpaired) electrons. The molecule has 0 saturated carbocycles. The van der Waals surface area contributed by atoms with E-state index in [2.05, 4.69) is 10.6 Å². The van der Waals surface area contributed by atoms with Gasteiger partial charge in [0.25, 0.3) is 11.6 Å². The molecule has 2 N–H and O–H groups in total. The van der Waals surface area contributed by atoms with Gasteiger partial charge in [-0.25, -0.2) is 4.39 Å². The molecule has 0 saturated heterocycles. The fourth-order valence-corrected chi connectivity index (χ4v) is 2.50. The molecule has 2 amide bonds. The number of nitro groups is 1. The van der Waals surface area contributed by atoms with Crippen molar-refractivity contribution in [1.29, 1.82) is 0 Å². The Hall–Kier alpha value is -3.69. The van der Waals surface area contributed by atoms with Gasteiger partial charge in [0.1, 0.15) is 24.6 Å². The number of ether oxygens (including phenoxy) is 2. The van der Waals surface area contributed by atoms with Gasteiger partial charge in [0, 0.05) is 18.7 Å². The van der Waals surface area contributed by atoms with Crippen LogP contribution >= 0.6 is 0 Å². The smallest absolute Gasteiger partial charge is 0.286 e. The van der Waals surface area contributed by atoms with E-state index in [9.17, 15) is 24.1 Å². The molecular weight excluding hydrogens is 361 g/mol. The van der Waals surface area contributed by atoms with Gasteiger partial charge >= 0.3 is 0 Å². The second kappa shape index (κ2) is 7.28. The van der Waals surface area contributed by atoms with Crippen molar-refractivity contribution >= 4 is 28.9 Å². The van der Waals surface area contributed by atoms with Crippen LogP contribution < -0.4 is 20.1 Å². The SMILES string of the molecule is CC(=O)Nc1cc(NC(=O)c2cc3c(cc2[N+](=O)[O-])OCCO3)ccc1F. The van der Waals surface area contributed by atoms with Crippen molar-refractivity contribution in [3.05, 3.63) is 51.8 Å². The molecule has 0 spiro atoms. The second-order valence-corrected chi connectivity index (χ2v) is 5.60. The maximum atomic E-state index is 13.7. The van der Waals surface area contributed by atoms with E-state index in [1.54, 1.807) is 0 Å². The Balaban J connectivity index is 1.92. The average Bonchev–Trinajstić information content (AvgIpc) is 2.62. The summed E-state index contributed by atoms with van der Waals surface area (Å²) in [6, 6.07) is 5.87. The third kappa shape index (κ3) is 3.94. The molecule has 0 aromatic heterocycles. The predicted octanol–water partition coefficient (Wildman–Crippen LogP) is 2.72. The number of fused-ring (bicyclic) bond motifs is 1. The lowest BCUT2D eigenvalue weighted by Gasteiger charge is -2.19. The van der Waals surface area contributed by atoms with Gasteiger partial charge in [0.2, 0.25) is 5.91 Å². The zero-order valence-electron chi connectivity index (χ0n) is 14.1. The third-order valence-electron chi connectivity index (χ3n) is 3.64. The van der Waals surface area contributed by atoms with Gasteiger partial charge in [-0.1, -0.05) is 0 Å². The Labute approximate surface area is 152 Å². The van der Waals surface area contributed by atoms with Crippen LogP contribution in [-0.2, 0) is 4.79 Å². The molecule has 0 fully saturated rings. The van der Waals surface area contributed by atoms with Gasteiger partial charge < -0.3 is 20.1 Å². The van der Waals surface area contributed by atoms with E-state index in [-0.39, 0.29) is 41.7 Å². The maximum absolute atomic E-state index is 13.7. The Morgan fingerprint density at radius 2 is 1.78 bits per heavy atom. The van der Waals surface area contributed by atoms with Crippen LogP contribution in [0.5, 0.6) is 11.5 Å². The highest BCUT2D eigenvalue weighted by atomic mass is 19.1. The summed E-state index contributed by atoms with van der Waals surface area (Å²) in [7, 11) is 0. The molecule has 0 unspecified atom stereocenters. The second-order valence-electron chi connectivity index (χ2n) is 5.60. The molecule has 0 atom stereocenters. The van der Waals surface area contributed by atoms with Crippen LogP contribution in [0.3, 0.4) is 0 Å². The van der Waals surface area contributed by atoms with E-state index in [0.29, 0.717) is 0 Å². The summed E-state index contributed by atoms with van der Waals surface area (Å²) in [4.78, 5) is 34.3. The maximum Gasteiger partial charge on any atom is 0.286 e. The van der Waals surface area contributed by atoms with Crippen LogP contribution in [0, 0.1) is 15.9 Å². The fraction of sp³-hybridized carbons (Fsp3) is 0.176. The summed E-state index contributed by atoms with van der Waals surface area (Å²) < 4.78 is 24.3. The number of carbonyl (C=O) groups excluding carboxylic acids is 2. The van der Waals surface area contributed by atoms with E-state index in [1.807, 2.05) is 0 Å². The van der Waals surface area contributed by atoms with Gasteiger partial charge in [-0.15, -0.1) is 0 Å². The lowest BCUT2D eigenvalue weighted by Crippen LogP contribution is -2.19. The number of nitrogens with zero attached hydrogens (tertiary/aromatic N) is 1. The topological polar surface area (TPSA) is 120 Å². The number of hydrogen-bond acceptors (Lipinski definition) is 6. The molecule has 1 heterocycles. The number of rotatable bonds is 4. The van der Waals surface area contributed by atoms with Crippen LogP contribution in [0.15, 0.2) is 30.3 Å². The van der Waals surface area contributed by atoms with E-state index < -0.39 is 28.2 Å². The van der Waals surface area contributed by atoms with E-state index in [4.69, 9.17) is 9.47 Å². The van der Waals surface area contributed by atoms with E-state index in [0.717, 1.165) is 12.1 Å². The fourth-order valence-electron chi connectivity index (χ4n) is 2.50. The summed E-state index contributed by atoms with van der Waals surface area (Å²) in [6.07, 6.45) is 0. The monoisotopic (exact) mass is 375 g/mol. The first kappa shape index (κ1) is 18.1. The average molecular weight is 375 g/mol. The van der Waals surface area contributed by atoms with Crippen molar-refractivity contribution in [2.45, 2.75) is 6.92 Å². The Bertz CT molecular complexity index is 947. The number of amides is 2. The van der Waals surface area contributed by atoms with Crippen molar-refractivity contribution in [3.8, 4) is 11.5 Å². The van der Waals surface area contributed by atoms with Gasteiger partial charge in [-0.3, -0.25) is 19.7 Å². The van der Waals surface area contributed by atoms with Crippen LogP contribution in [0.2, 0.25) is 0 Å². The lowest BCUT2D eigenvalue weighted by molar-refractivity contribution is -0.385. The van der Waals surface area contributed by atoms with Gasteiger partial charge in [-0.2, -0.15) is 0 Å². The van der Waals surface area contributed by atoms with Crippen molar-refractivity contribution in [2.24, 2.45) is 0 Å². The molecular formula is C17H14FN3O6. The molecule has 2 aromatic carbocycles. The van der Waals surface area contributed by atoms with Crippen molar-refractivity contribution in [1.82, 2.24) is 0 Å². The van der Waals surface area contributed by atoms with Gasteiger partial charge in [-0.05, 0) is 18.2 Å². The highest BCUT2D eigenvalue weighted by molar-refractivity contribution is 6.08. The number of hydrogen-bond donors (Lipinski definition) is 2. The minimum absolute atomic E-state index is 0.128. The number of halogens is 1. The number of carbonyl (C=O) groups is 2. The Morgan fingerprint density at radius 1 is 1.11 bits per heavy atom. The minimum atomic E-state index is -0.793. The molecule has 0 aliphatic carbocycles. The Morgan fingerprint density at radius 3 is 2.41 bits per heavy atom. The summed E-state index contributed by atoms with van der Waals surface area (Å²) in [6.45, 7) is 1.71. The van der Waals surface area contributed by atoms with Crippen LogP contribution in [0.4, 0.5) is 21.5 Å². The quantitative estimate of drug-likeness (QED) is 0.626. The molecule has 9 nitrogen and oxygen atoms in total. The van der Waals surface area contributed by atoms with E-state index in [1.165, 1.54) is 25.1 Å². The first-order valence-corrected chi connectivity index (χ1v) is 7.81. The van der Waals surface area contributed by atoms with E-state index >= 15 is 0 Å². The first-order valence-electron chi connectivity index (χ1n) is 7.81. The third-order valence-corrected chi connectivity index (χ3v) is 3.64. The van der Waals surface area contributed by atoms with Crippen molar-refractivity contribution < 1.29 is 28.4 Å². The van der Waals surface area contributed by atoms with Crippen LogP contribution in [0.25, 0.3) is 0 Å². The van der Waals surface area contributed by atoms with Crippen molar-refractivity contribution in [2.75, 3.05) is 23.8 Å². The first-order chi connectivity index (χ1) is 12.8. The Kier molecular flexibility index (Phi) is 4.88. The molecule has 10 heteroatoms. The number of benzene rings is 2. The highest BCUT2D eigenvalue weighted by Crippen LogP contribution is 2.37. The molecule has 27 heavy (non-hydrogen) atoms.